The first-order valence-electron chi connectivity index (χ1n) is 5.65. The molecule has 98 valence electrons. The van der Waals surface area contributed by atoms with Crippen LogP contribution in [0.3, 0.4) is 0 Å². The third-order valence-electron chi connectivity index (χ3n) is 2.77. The van der Waals surface area contributed by atoms with Crippen LogP contribution in [0.2, 0.25) is 0 Å². The number of anilines is 1. The zero-order valence-electron chi connectivity index (χ0n) is 10.7. The fourth-order valence-electron chi connectivity index (χ4n) is 1.71. The number of nitrogens with zero attached hydrogens (tertiary/aromatic N) is 3. The predicted molar refractivity (Wildman–Crippen MR) is 78.3 cm³/mol. The van der Waals surface area contributed by atoms with Gasteiger partial charge in [0.2, 0.25) is 0 Å². The molecule has 1 amide bonds. The number of hydrogen-bond donors (Lipinski definition) is 1. The van der Waals surface area contributed by atoms with Gasteiger partial charge in [-0.1, -0.05) is 24.4 Å². The van der Waals surface area contributed by atoms with Gasteiger partial charge in [-0.05, 0) is 12.1 Å². The second kappa shape index (κ2) is 5.19. The van der Waals surface area contributed by atoms with Crippen LogP contribution in [0.25, 0.3) is 0 Å². The molecular formula is C13H14N4OS. The molecule has 2 N–H and O–H groups in total. The highest BCUT2D eigenvalue weighted by Crippen LogP contribution is 2.17. The summed E-state index contributed by atoms with van der Waals surface area (Å²) in [6.45, 7) is 0. The number of hydrogen-bond acceptors (Lipinski definition) is 3. The summed E-state index contributed by atoms with van der Waals surface area (Å²) in [6, 6.07) is 7.25. The molecule has 1 aromatic carbocycles. The van der Waals surface area contributed by atoms with E-state index in [1.165, 1.54) is 6.20 Å². The minimum atomic E-state index is -0.131. The molecule has 0 saturated carbocycles. The molecule has 1 aromatic heterocycles. The third-order valence-corrected chi connectivity index (χ3v) is 3.01. The molecule has 19 heavy (non-hydrogen) atoms. The molecule has 0 aliphatic heterocycles. The maximum atomic E-state index is 12.2. The number of carbonyl (C=O) groups excluding carboxylic acids is 1. The molecule has 0 bridgehead atoms. The van der Waals surface area contributed by atoms with E-state index in [1.807, 2.05) is 18.2 Å². The molecule has 0 atom stereocenters. The lowest BCUT2D eigenvalue weighted by molar-refractivity contribution is 0.0993. The van der Waals surface area contributed by atoms with Crippen LogP contribution in [0.5, 0.6) is 0 Å². The second-order valence-corrected chi connectivity index (χ2v) is 4.62. The van der Waals surface area contributed by atoms with Crippen molar-refractivity contribution in [1.29, 1.82) is 0 Å². The molecule has 6 heteroatoms. The topological polar surface area (TPSA) is 64.2 Å². The van der Waals surface area contributed by atoms with Gasteiger partial charge in [-0.2, -0.15) is 5.10 Å². The Morgan fingerprint density at radius 3 is 2.74 bits per heavy atom. The lowest BCUT2D eigenvalue weighted by Gasteiger charge is -2.17. The Hall–Kier alpha value is -2.21. The normalized spacial score (nSPS) is 10.2. The minimum Gasteiger partial charge on any atom is -0.389 e. The molecule has 5 nitrogen and oxygen atoms in total. The third kappa shape index (κ3) is 2.79. The minimum absolute atomic E-state index is 0.131. The van der Waals surface area contributed by atoms with Crippen molar-refractivity contribution in [2.45, 2.75) is 0 Å². The van der Waals surface area contributed by atoms with Gasteiger partial charge in [-0.3, -0.25) is 9.48 Å². The van der Waals surface area contributed by atoms with Gasteiger partial charge in [0.1, 0.15) is 4.99 Å². The average molecular weight is 274 g/mol. The van der Waals surface area contributed by atoms with E-state index in [9.17, 15) is 4.79 Å². The van der Waals surface area contributed by atoms with Gasteiger partial charge >= 0.3 is 0 Å². The standard InChI is InChI=1S/C13H14N4OS/c1-16-8-10(7-15-16)13(18)17(2)11-5-3-4-9(6-11)12(14)19/h3-8H,1-2H3,(H2,14,19). The number of thiocarbonyl (C=S) groups is 1. The van der Waals surface area contributed by atoms with Gasteiger partial charge in [-0.25, -0.2) is 0 Å². The smallest absolute Gasteiger partial charge is 0.261 e. The van der Waals surface area contributed by atoms with Crippen LogP contribution in [0, 0.1) is 0 Å². The van der Waals surface area contributed by atoms with E-state index in [2.05, 4.69) is 5.10 Å². The van der Waals surface area contributed by atoms with Crippen LogP contribution < -0.4 is 10.6 Å². The number of amides is 1. The van der Waals surface area contributed by atoms with E-state index in [0.717, 1.165) is 11.3 Å². The van der Waals surface area contributed by atoms with E-state index < -0.39 is 0 Å². The molecule has 2 aromatic rings. The number of rotatable bonds is 3. The van der Waals surface area contributed by atoms with Crippen LogP contribution in [0.4, 0.5) is 5.69 Å². The Balaban J connectivity index is 2.28. The molecule has 1 heterocycles. The van der Waals surface area contributed by atoms with Crippen LogP contribution >= 0.6 is 12.2 Å². The molecule has 0 saturated heterocycles. The highest BCUT2D eigenvalue weighted by Gasteiger charge is 2.15. The zero-order valence-corrected chi connectivity index (χ0v) is 11.5. The van der Waals surface area contributed by atoms with Gasteiger partial charge in [0, 0.05) is 31.5 Å². The Morgan fingerprint density at radius 2 is 2.16 bits per heavy atom. The highest BCUT2D eigenvalue weighted by molar-refractivity contribution is 7.80. The second-order valence-electron chi connectivity index (χ2n) is 4.18. The Morgan fingerprint density at radius 1 is 1.42 bits per heavy atom. The van der Waals surface area contributed by atoms with Crippen molar-refractivity contribution in [1.82, 2.24) is 9.78 Å². The largest absolute Gasteiger partial charge is 0.389 e. The Bertz CT molecular complexity index is 635. The number of nitrogens with two attached hydrogens (primary N) is 1. The molecule has 0 radical (unpaired) electrons. The van der Waals surface area contributed by atoms with E-state index in [-0.39, 0.29) is 5.91 Å². The van der Waals surface area contributed by atoms with Crippen LogP contribution in [-0.2, 0) is 7.05 Å². The number of aromatic nitrogens is 2. The first-order valence-corrected chi connectivity index (χ1v) is 6.06. The monoisotopic (exact) mass is 274 g/mol. The summed E-state index contributed by atoms with van der Waals surface area (Å²) in [7, 11) is 3.47. The first kappa shape index (κ1) is 13.2. The summed E-state index contributed by atoms with van der Waals surface area (Å²) in [6.07, 6.45) is 3.21. The number of carbonyl (C=O) groups is 1. The van der Waals surface area contributed by atoms with Gasteiger partial charge in [0.15, 0.2) is 0 Å². The van der Waals surface area contributed by atoms with Crippen molar-refractivity contribution in [3.05, 3.63) is 47.8 Å². The fourth-order valence-corrected chi connectivity index (χ4v) is 1.84. The summed E-state index contributed by atoms with van der Waals surface area (Å²) in [4.78, 5) is 14.1. The number of benzene rings is 1. The van der Waals surface area contributed by atoms with E-state index in [0.29, 0.717) is 10.6 Å². The molecule has 0 fully saturated rings. The molecule has 0 spiro atoms. The van der Waals surface area contributed by atoms with E-state index in [1.54, 1.807) is 35.9 Å². The maximum Gasteiger partial charge on any atom is 0.261 e. The fraction of sp³-hybridized carbons (Fsp3) is 0.154. The SMILES string of the molecule is CN(C(=O)c1cnn(C)c1)c1cccc(C(N)=S)c1. The average Bonchev–Trinajstić information content (AvgIpc) is 2.84. The molecular weight excluding hydrogens is 260 g/mol. The van der Waals surface area contributed by atoms with Crippen LogP contribution in [0.15, 0.2) is 36.7 Å². The van der Waals surface area contributed by atoms with E-state index in [4.69, 9.17) is 18.0 Å². The van der Waals surface area contributed by atoms with Crippen molar-refractivity contribution in [2.24, 2.45) is 12.8 Å². The predicted octanol–water partition coefficient (Wildman–Crippen LogP) is 1.33. The zero-order chi connectivity index (χ0) is 14.0. The highest BCUT2D eigenvalue weighted by atomic mass is 32.1. The van der Waals surface area contributed by atoms with Gasteiger partial charge < -0.3 is 10.6 Å². The lowest BCUT2D eigenvalue weighted by atomic mass is 10.2. The maximum absolute atomic E-state index is 12.2. The summed E-state index contributed by atoms with van der Waals surface area (Å²) >= 11 is 4.93. The molecule has 0 unspecified atom stereocenters. The van der Waals surface area contributed by atoms with Crippen LogP contribution in [-0.4, -0.2) is 27.7 Å². The van der Waals surface area contributed by atoms with Gasteiger partial charge in [0.05, 0.1) is 11.8 Å². The van der Waals surface area contributed by atoms with Crippen molar-refractivity contribution in [2.75, 3.05) is 11.9 Å². The van der Waals surface area contributed by atoms with Crippen molar-refractivity contribution >= 4 is 28.8 Å². The van der Waals surface area contributed by atoms with Crippen molar-refractivity contribution in [3.8, 4) is 0 Å². The number of aryl methyl sites for hydroxylation is 1. The van der Waals surface area contributed by atoms with E-state index >= 15 is 0 Å². The van der Waals surface area contributed by atoms with Crippen molar-refractivity contribution in [3.63, 3.8) is 0 Å². The summed E-state index contributed by atoms with van der Waals surface area (Å²) in [5.74, 6) is -0.131. The summed E-state index contributed by atoms with van der Waals surface area (Å²) in [5, 5.41) is 3.99. The molecule has 0 aliphatic carbocycles. The first-order chi connectivity index (χ1) is 8.99. The van der Waals surface area contributed by atoms with Gasteiger partial charge in [-0.15, -0.1) is 0 Å². The Kier molecular flexibility index (Phi) is 3.62. The summed E-state index contributed by atoms with van der Waals surface area (Å²) in [5.41, 5.74) is 7.59. The molecule has 2 rings (SSSR count). The molecule has 0 aliphatic rings. The lowest BCUT2D eigenvalue weighted by Crippen LogP contribution is -2.26. The Labute approximate surface area is 116 Å². The van der Waals surface area contributed by atoms with Crippen molar-refractivity contribution < 1.29 is 4.79 Å². The van der Waals surface area contributed by atoms with Gasteiger partial charge in [0.25, 0.3) is 5.91 Å². The van der Waals surface area contributed by atoms with Crippen LogP contribution in [0.1, 0.15) is 15.9 Å². The summed E-state index contributed by atoms with van der Waals surface area (Å²) < 4.78 is 1.59. The quantitative estimate of drug-likeness (QED) is 0.858.